The van der Waals surface area contributed by atoms with Crippen LogP contribution in [0.4, 0.5) is 0 Å². The molecule has 0 aliphatic heterocycles. The summed E-state index contributed by atoms with van der Waals surface area (Å²) in [7, 11) is 0. The molecule has 0 aliphatic carbocycles. The van der Waals surface area contributed by atoms with Gasteiger partial charge in [0, 0.05) is 18.2 Å². The van der Waals surface area contributed by atoms with Gasteiger partial charge in [0.1, 0.15) is 0 Å². The van der Waals surface area contributed by atoms with E-state index in [1.165, 1.54) is 11.5 Å². The van der Waals surface area contributed by atoms with Crippen molar-refractivity contribution in [1.29, 1.82) is 0 Å². The van der Waals surface area contributed by atoms with Gasteiger partial charge in [0.15, 0.2) is 0 Å². The highest BCUT2D eigenvalue weighted by Gasteiger charge is 2.05. The molecule has 0 fully saturated rings. The van der Waals surface area contributed by atoms with E-state index in [0.717, 1.165) is 15.8 Å². The summed E-state index contributed by atoms with van der Waals surface area (Å²) in [5.41, 5.74) is 6.07. The highest BCUT2D eigenvalue weighted by atomic mass is 32.1. The van der Waals surface area contributed by atoms with E-state index in [0.29, 0.717) is 12.8 Å². The maximum Gasteiger partial charge on any atom is 0.217 e. The molecule has 0 saturated carbocycles. The Kier molecular flexibility index (Phi) is 2.45. The molecule has 1 heterocycles. The van der Waals surface area contributed by atoms with Crippen LogP contribution in [0.15, 0.2) is 24.3 Å². The third kappa shape index (κ3) is 1.75. The molecule has 0 aliphatic rings. The van der Waals surface area contributed by atoms with Gasteiger partial charge in [0.25, 0.3) is 0 Å². The SMILES string of the molecule is NC(=O)CCc1nsc2ccccc12. The van der Waals surface area contributed by atoms with Crippen LogP contribution in [0.25, 0.3) is 10.1 Å². The van der Waals surface area contributed by atoms with Crippen LogP contribution < -0.4 is 5.73 Å². The van der Waals surface area contributed by atoms with Crippen LogP contribution >= 0.6 is 11.5 Å². The number of carbonyl (C=O) groups excluding carboxylic acids is 1. The molecule has 0 atom stereocenters. The van der Waals surface area contributed by atoms with Crippen LogP contribution in [0.2, 0.25) is 0 Å². The van der Waals surface area contributed by atoms with Crippen molar-refractivity contribution in [2.24, 2.45) is 5.73 Å². The maximum absolute atomic E-state index is 10.6. The van der Waals surface area contributed by atoms with Gasteiger partial charge in [-0.05, 0) is 17.6 Å². The van der Waals surface area contributed by atoms with Crippen LogP contribution in [0.3, 0.4) is 0 Å². The fraction of sp³-hybridized carbons (Fsp3) is 0.200. The van der Waals surface area contributed by atoms with Crippen molar-refractivity contribution in [2.45, 2.75) is 12.8 Å². The van der Waals surface area contributed by atoms with Crippen molar-refractivity contribution in [1.82, 2.24) is 4.37 Å². The zero-order chi connectivity index (χ0) is 9.97. The number of aryl methyl sites for hydroxylation is 1. The number of hydrogen-bond donors (Lipinski definition) is 1. The highest BCUT2D eigenvalue weighted by Crippen LogP contribution is 2.22. The summed E-state index contributed by atoms with van der Waals surface area (Å²) < 4.78 is 5.46. The Morgan fingerprint density at radius 1 is 1.43 bits per heavy atom. The van der Waals surface area contributed by atoms with Crippen molar-refractivity contribution in [3.63, 3.8) is 0 Å². The Bertz CT molecular complexity index is 464. The van der Waals surface area contributed by atoms with Gasteiger partial charge in [-0.25, -0.2) is 0 Å². The molecule has 2 rings (SSSR count). The van der Waals surface area contributed by atoms with E-state index >= 15 is 0 Å². The first kappa shape index (κ1) is 9.15. The maximum atomic E-state index is 10.6. The molecule has 14 heavy (non-hydrogen) atoms. The van der Waals surface area contributed by atoms with Gasteiger partial charge in [0.2, 0.25) is 5.91 Å². The second kappa shape index (κ2) is 3.75. The van der Waals surface area contributed by atoms with Gasteiger partial charge in [0.05, 0.1) is 10.4 Å². The Morgan fingerprint density at radius 2 is 2.21 bits per heavy atom. The molecule has 0 radical (unpaired) electrons. The van der Waals surface area contributed by atoms with Crippen LogP contribution in [-0.2, 0) is 11.2 Å². The van der Waals surface area contributed by atoms with Gasteiger partial charge in [-0.3, -0.25) is 4.79 Å². The van der Waals surface area contributed by atoms with Crippen LogP contribution in [0, 0.1) is 0 Å². The number of benzene rings is 1. The largest absolute Gasteiger partial charge is 0.370 e. The first-order chi connectivity index (χ1) is 6.77. The van der Waals surface area contributed by atoms with E-state index < -0.39 is 0 Å². The standard InChI is InChI=1S/C10H10N2OS/c11-10(13)6-5-8-7-3-1-2-4-9(7)14-12-8/h1-4H,5-6H2,(H2,11,13). The van der Waals surface area contributed by atoms with E-state index in [9.17, 15) is 4.79 Å². The normalized spacial score (nSPS) is 10.6. The smallest absolute Gasteiger partial charge is 0.217 e. The Balaban J connectivity index is 2.29. The lowest BCUT2D eigenvalue weighted by Gasteiger charge is -1.94. The molecule has 0 spiro atoms. The lowest BCUT2D eigenvalue weighted by atomic mass is 10.1. The fourth-order valence-corrected chi connectivity index (χ4v) is 2.18. The molecular weight excluding hydrogens is 196 g/mol. The minimum Gasteiger partial charge on any atom is -0.370 e. The number of primary amides is 1. The van der Waals surface area contributed by atoms with Crippen LogP contribution in [-0.4, -0.2) is 10.3 Å². The van der Waals surface area contributed by atoms with E-state index in [1.807, 2.05) is 24.3 Å². The molecule has 2 aromatic rings. The molecule has 1 aromatic heterocycles. The summed E-state index contributed by atoms with van der Waals surface area (Å²) in [6, 6.07) is 8.01. The van der Waals surface area contributed by atoms with Gasteiger partial charge < -0.3 is 5.73 Å². The number of fused-ring (bicyclic) bond motifs is 1. The highest BCUT2D eigenvalue weighted by molar-refractivity contribution is 7.13. The molecule has 0 saturated heterocycles. The van der Waals surface area contributed by atoms with E-state index in [-0.39, 0.29) is 5.91 Å². The first-order valence-electron chi connectivity index (χ1n) is 4.39. The minimum atomic E-state index is -0.276. The summed E-state index contributed by atoms with van der Waals surface area (Å²) in [6.07, 6.45) is 1.01. The van der Waals surface area contributed by atoms with Crippen molar-refractivity contribution in [3.8, 4) is 0 Å². The summed E-state index contributed by atoms with van der Waals surface area (Å²) in [5, 5.41) is 1.14. The molecule has 72 valence electrons. The van der Waals surface area contributed by atoms with Gasteiger partial charge >= 0.3 is 0 Å². The topological polar surface area (TPSA) is 56.0 Å². The van der Waals surface area contributed by atoms with E-state index in [1.54, 1.807) is 0 Å². The monoisotopic (exact) mass is 206 g/mol. The van der Waals surface area contributed by atoms with Gasteiger partial charge in [-0.1, -0.05) is 18.2 Å². The van der Waals surface area contributed by atoms with Crippen molar-refractivity contribution in [2.75, 3.05) is 0 Å². The zero-order valence-corrected chi connectivity index (χ0v) is 8.38. The molecule has 4 heteroatoms. The van der Waals surface area contributed by atoms with Crippen molar-refractivity contribution in [3.05, 3.63) is 30.0 Å². The fourth-order valence-electron chi connectivity index (χ4n) is 1.36. The molecule has 1 aromatic carbocycles. The lowest BCUT2D eigenvalue weighted by Crippen LogP contribution is -2.11. The number of hydrogen-bond acceptors (Lipinski definition) is 3. The first-order valence-corrected chi connectivity index (χ1v) is 5.16. The zero-order valence-electron chi connectivity index (χ0n) is 7.56. The lowest BCUT2D eigenvalue weighted by molar-refractivity contribution is -0.117. The number of rotatable bonds is 3. The number of amides is 1. The average Bonchev–Trinajstić information content (AvgIpc) is 2.58. The average molecular weight is 206 g/mol. The number of nitrogens with two attached hydrogens (primary N) is 1. The van der Waals surface area contributed by atoms with Gasteiger partial charge in [-0.2, -0.15) is 4.37 Å². The molecule has 1 amide bonds. The molecular formula is C10H10N2OS. The number of carbonyl (C=O) groups is 1. The van der Waals surface area contributed by atoms with Gasteiger partial charge in [-0.15, -0.1) is 0 Å². The van der Waals surface area contributed by atoms with E-state index in [4.69, 9.17) is 5.73 Å². The molecule has 2 N–H and O–H groups in total. The minimum absolute atomic E-state index is 0.276. The van der Waals surface area contributed by atoms with Crippen LogP contribution in [0.5, 0.6) is 0 Å². The molecule has 0 bridgehead atoms. The van der Waals surface area contributed by atoms with E-state index in [2.05, 4.69) is 4.37 Å². The second-order valence-electron chi connectivity index (χ2n) is 3.09. The third-order valence-electron chi connectivity index (χ3n) is 2.06. The number of nitrogens with zero attached hydrogens (tertiary/aromatic N) is 1. The van der Waals surface area contributed by atoms with Crippen LogP contribution in [0.1, 0.15) is 12.1 Å². The Hall–Kier alpha value is -1.42. The molecule has 3 nitrogen and oxygen atoms in total. The Morgan fingerprint density at radius 3 is 3.00 bits per heavy atom. The number of aromatic nitrogens is 1. The second-order valence-corrected chi connectivity index (χ2v) is 3.90. The van der Waals surface area contributed by atoms with Crippen molar-refractivity contribution < 1.29 is 4.79 Å². The Labute approximate surface area is 85.7 Å². The predicted octanol–water partition coefficient (Wildman–Crippen LogP) is 1.71. The summed E-state index contributed by atoms with van der Waals surface area (Å²) in [4.78, 5) is 10.6. The summed E-state index contributed by atoms with van der Waals surface area (Å²) in [6.45, 7) is 0. The summed E-state index contributed by atoms with van der Waals surface area (Å²) >= 11 is 1.46. The summed E-state index contributed by atoms with van der Waals surface area (Å²) in [5.74, 6) is -0.276. The predicted molar refractivity (Wildman–Crippen MR) is 57.1 cm³/mol. The van der Waals surface area contributed by atoms with Crippen molar-refractivity contribution >= 4 is 27.5 Å². The third-order valence-corrected chi connectivity index (χ3v) is 2.92. The molecule has 0 unspecified atom stereocenters. The quantitative estimate of drug-likeness (QED) is 0.831.